The van der Waals surface area contributed by atoms with E-state index < -0.39 is 0 Å². The standard InChI is InChI=1S/C15H21BrN2O2/c1-11-15(12-3-5-13(16)6-4-12)20-10-9-18(11)8-7-14(19)17-2/h3-6,11,15H,7-10H2,1-2H3,(H,17,19)/t11-,15-/m1/s1. The lowest BCUT2D eigenvalue weighted by atomic mass is 10.0. The van der Waals surface area contributed by atoms with Crippen LogP contribution in [0.3, 0.4) is 0 Å². The molecular formula is C15H21BrN2O2. The van der Waals surface area contributed by atoms with Crippen molar-refractivity contribution in [1.82, 2.24) is 10.2 Å². The number of rotatable bonds is 4. The lowest BCUT2D eigenvalue weighted by Crippen LogP contribution is -2.46. The summed E-state index contributed by atoms with van der Waals surface area (Å²) in [6.07, 6.45) is 0.606. The number of hydrogen-bond donors (Lipinski definition) is 1. The average Bonchev–Trinajstić information content (AvgIpc) is 2.47. The van der Waals surface area contributed by atoms with Crippen molar-refractivity contribution in [2.75, 3.05) is 26.7 Å². The average molecular weight is 341 g/mol. The van der Waals surface area contributed by atoms with E-state index in [0.717, 1.165) is 17.6 Å². The van der Waals surface area contributed by atoms with Crippen LogP contribution < -0.4 is 5.32 Å². The van der Waals surface area contributed by atoms with Crippen LogP contribution in [0.2, 0.25) is 0 Å². The van der Waals surface area contributed by atoms with Crippen molar-refractivity contribution in [2.24, 2.45) is 0 Å². The van der Waals surface area contributed by atoms with Crippen molar-refractivity contribution in [1.29, 1.82) is 0 Å². The molecule has 1 aliphatic rings. The van der Waals surface area contributed by atoms with E-state index in [1.54, 1.807) is 7.05 Å². The SMILES string of the molecule is CNC(=O)CCN1CCO[C@@H](c2ccc(Br)cc2)[C@H]1C. The molecule has 0 bridgehead atoms. The number of hydrogen-bond acceptors (Lipinski definition) is 3. The van der Waals surface area contributed by atoms with Crippen LogP contribution in [0, 0.1) is 0 Å². The van der Waals surface area contributed by atoms with Crippen LogP contribution in [0.5, 0.6) is 0 Å². The fraction of sp³-hybridized carbons (Fsp3) is 0.533. The van der Waals surface area contributed by atoms with Crippen molar-refractivity contribution in [2.45, 2.75) is 25.5 Å². The highest BCUT2D eigenvalue weighted by molar-refractivity contribution is 9.10. The van der Waals surface area contributed by atoms with Gasteiger partial charge in [-0.1, -0.05) is 28.1 Å². The van der Waals surface area contributed by atoms with E-state index in [1.807, 2.05) is 12.1 Å². The number of carbonyl (C=O) groups excluding carboxylic acids is 1. The first-order chi connectivity index (χ1) is 9.61. The number of carbonyl (C=O) groups is 1. The van der Waals surface area contributed by atoms with E-state index in [9.17, 15) is 4.79 Å². The summed E-state index contributed by atoms with van der Waals surface area (Å²) in [7, 11) is 1.68. The van der Waals surface area contributed by atoms with Crippen LogP contribution in [-0.4, -0.2) is 43.6 Å². The molecule has 0 aliphatic carbocycles. The number of halogens is 1. The van der Waals surface area contributed by atoms with E-state index in [-0.39, 0.29) is 18.1 Å². The molecular weight excluding hydrogens is 320 g/mol. The molecule has 4 nitrogen and oxygen atoms in total. The molecule has 1 aromatic carbocycles. The van der Waals surface area contributed by atoms with Crippen molar-refractivity contribution in [3.05, 3.63) is 34.3 Å². The minimum atomic E-state index is 0.0709. The molecule has 0 unspecified atom stereocenters. The second-order valence-electron chi connectivity index (χ2n) is 5.04. The summed E-state index contributed by atoms with van der Waals surface area (Å²) in [4.78, 5) is 13.7. The summed E-state index contributed by atoms with van der Waals surface area (Å²) in [5.74, 6) is 0.0869. The summed E-state index contributed by atoms with van der Waals surface area (Å²) < 4.78 is 6.99. The maximum absolute atomic E-state index is 11.4. The molecule has 1 saturated heterocycles. The molecule has 0 spiro atoms. The molecule has 5 heteroatoms. The van der Waals surface area contributed by atoms with Gasteiger partial charge in [0, 0.05) is 37.1 Å². The zero-order valence-electron chi connectivity index (χ0n) is 11.9. The van der Waals surface area contributed by atoms with Gasteiger partial charge < -0.3 is 10.1 Å². The van der Waals surface area contributed by atoms with Gasteiger partial charge in [0.15, 0.2) is 0 Å². The van der Waals surface area contributed by atoms with E-state index in [1.165, 1.54) is 5.56 Å². The van der Waals surface area contributed by atoms with Gasteiger partial charge in [-0.15, -0.1) is 0 Å². The Bertz CT molecular complexity index is 450. The Kier molecular flexibility index (Phi) is 5.57. The zero-order chi connectivity index (χ0) is 14.5. The Hall–Kier alpha value is -0.910. The van der Waals surface area contributed by atoms with Gasteiger partial charge in [0.25, 0.3) is 0 Å². The van der Waals surface area contributed by atoms with Gasteiger partial charge >= 0.3 is 0 Å². The van der Waals surface area contributed by atoms with Crippen LogP contribution in [-0.2, 0) is 9.53 Å². The topological polar surface area (TPSA) is 41.6 Å². The second-order valence-corrected chi connectivity index (χ2v) is 5.96. The summed E-state index contributed by atoms with van der Waals surface area (Å²) in [6.45, 7) is 4.52. The van der Waals surface area contributed by atoms with Crippen molar-refractivity contribution >= 4 is 21.8 Å². The molecule has 1 aliphatic heterocycles. The summed E-state index contributed by atoms with van der Waals surface area (Å²) in [6, 6.07) is 8.53. The molecule has 110 valence electrons. The van der Waals surface area contributed by atoms with Crippen molar-refractivity contribution in [3.8, 4) is 0 Å². The van der Waals surface area contributed by atoms with Crippen LogP contribution in [0.1, 0.15) is 25.0 Å². The number of nitrogens with zero attached hydrogens (tertiary/aromatic N) is 1. The Morgan fingerprint density at radius 1 is 1.45 bits per heavy atom. The van der Waals surface area contributed by atoms with Gasteiger partial charge in [-0.3, -0.25) is 9.69 Å². The second kappa shape index (κ2) is 7.20. The van der Waals surface area contributed by atoms with Crippen LogP contribution in [0.4, 0.5) is 0 Å². The van der Waals surface area contributed by atoms with E-state index >= 15 is 0 Å². The summed E-state index contributed by atoms with van der Waals surface area (Å²) >= 11 is 3.45. The first-order valence-corrected chi connectivity index (χ1v) is 7.73. The maximum atomic E-state index is 11.4. The minimum absolute atomic E-state index is 0.0709. The largest absolute Gasteiger partial charge is 0.371 e. The first kappa shape index (κ1) is 15.5. The van der Waals surface area contributed by atoms with Crippen LogP contribution in [0.25, 0.3) is 0 Å². The van der Waals surface area contributed by atoms with Gasteiger partial charge in [-0.2, -0.15) is 0 Å². The molecule has 2 rings (SSSR count). The zero-order valence-corrected chi connectivity index (χ0v) is 13.5. The highest BCUT2D eigenvalue weighted by Gasteiger charge is 2.29. The third kappa shape index (κ3) is 3.81. The van der Waals surface area contributed by atoms with E-state index in [0.29, 0.717) is 13.0 Å². The fourth-order valence-electron chi connectivity index (χ4n) is 2.54. The number of morpholine rings is 1. The third-order valence-corrected chi connectivity index (χ3v) is 4.32. The Morgan fingerprint density at radius 3 is 2.80 bits per heavy atom. The summed E-state index contributed by atoms with van der Waals surface area (Å²) in [5, 5.41) is 2.67. The highest BCUT2D eigenvalue weighted by atomic mass is 79.9. The normalized spacial score (nSPS) is 23.6. The molecule has 20 heavy (non-hydrogen) atoms. The Morgan fingerprint density at radius 2 is 2.15 bits per heavy atom. The predicted molar refractivity (Wildman–Crippen MR) is 82.6 cm³/mol. The van der Waals surface area contributed by atoms with Crippen LogP contribution in [0.15, 0.2) is 28.7 Å². The Balaban J connectivity index is 2.00. The van der Waals surface area contributed by atoms with E-state index in [4.69, 9.17) is 4.74 Å². The molecule has 2 atom stereocenters. The molecule has 1 fully saturated rings. The Labute approximate surface area is 128 Å². The quantitative estimate of drug-likeness (QED) is 0.914. The maximum Gasteiger partial charge on any atom is 0.221 e. The smallest absolute Gasteiger partial charge is 0.221 e. The van der Waals surface area contributed by atoms with Gasteiger partial charge in [-0.05, 0) is 24.6 Å². The highest BCUT2D eigenvalue weighted by Crippen LogP contribution is 2.29. The van der Waals surface area contributed by atoms with Gasteiger partial charge in [0.05, 0.1) is 12.7 Å². The van der Waals surface area contributed by atoms with Gasteiger partial charge in [0.1, 0.15) is 0 Å². The van der Waals surface area contributed by atoms with E-state index in [2.05, 4.69) is 45.2 Å². The molecule has 1 heterocycles. The molecule has 0 aromatic heterocycles. The van der Waals surface area contributed by atoms with Gasteiger partial charge in [-0.25, -0.2) is 0 Å². The third-order valence-electron chi connectivity index (χ3n) is 3.79. The molecule has 0 saturated carbocycles. The lowest BCUT2D eigenvalue weighted by molar-refractivity contribution is -0.122. The monoisotopic (exact) mass is 340 g/mol. The van der Waals surface area contributed by atoms with Crippen molar-refractivity contribution in [3.63, 3.8) is 0 Å². The lowest BCUT2D eigenvalue weighted by Gasteiger charge is -2.39. The number of nitrogens with one attached hydrogen (secondary N) is 1. The fourth-order valence-corrected chi connectivity index (χ4v) is 2.81. The minimum Gasteiger partial charge on any atom is -0.371 e. The van der Waals surface area contributed by atoms with Crippen molar-refractivity contribution < 1.29 is 9.53 Å². The molecule has 1 amide bonds. The number of ether oxygens (including phenoxy) is 1. The first-order valence-electron chi connectivity index (χ1n) is 6.93. The molecule has 1 N–H and O–H groups in total. The molecule has 1 aromatic rings. The number of amides is 1. The summed E-state index contributed by atoms with van der Waals surface area (Å²) in [5.41, 5.74) is 1.19. The van der Waals surface area contributed by atoms with Gasteiger partial charge in [0.2, 0.25) is 5.91 Å². The van der Waals surface area contributed by atoms with Crippen LogP contribution >= 0.6 is 15.9 Å². The molecule has 0 radical (unpaired) electrons. The predicted octanol–water partition coefficient (Wildman–Crippen LogP) is 2.35. The number of benzene rings is 1.